The molecule has 0 aromatic heterocycles. The van der Waals surface area contributed by atoms with Crippen LogP contribution in [0.25, 0.3) is 0 Å². The summed E-state index contributed by atoms with van der Waals surface area (Å²) < 4.78 is 5.19. The summed E-state index contributed by atoms with van der Waals surface area (Å²) in [4.78, 5) is 0. The maximum absolute atomic E-state index is 5.71. The zero-order valence-corrected chi connectivity index (χ0v) is 24.7. The predicted molar refractivity (Wildman–Crippen MR) is 149 cm³/mol. The van der Waals surface area contributed by atoms with Gasteiger partial charge in [0.1, 0.15) is 0 Å². The zero-order valence-electron chi connectivity index (χ0n) is 24.7. The van der Waals surface area contributed by atoms with Crippen molar-refractivity contribution in [3.05, 3.63) is 0 Å². The van der Waals surface area contributed by atoms with Crippen LogP contribution >= 0.6 is 0 Å². The molecule has 1 saturated carbocycles. The van der Waals surface area contributed by atoms with E-state index in [1.807, 2.05) is 6.92 Å². The number of rotatable bonds is 3. The first kappa shape index (κ1) is 39.1. The summed E-state index contributed by atoms with van der Waals surface area (Å²) in [5.74, 6) is 4.09. The highest BCUT2D eigenvalue weighted by Crippen LogP contribution is 2.30. The Kier molecular flexibility index (Phi) is 33.1. The minimum atomic E-state index is 0.355. The van der Waals surface area contributed by atoms with Crippen molar-refractivity contribution < 1.29 is 4.74 Å². The third-order valence-corrected chi connectivity index (χ3v) is 4.02. The molecule has 32 heavy (non-hydrogen) atoms. The van der Waals surface area contributed by atoms with Gasteiger partial charge in [0.15, 0.2) is 0 Å². The van der Waals surface area contributed by atoms with Gasteiger partial charge in [-0.05, 0) is 82.5 Å². The molecule has 1 aliphatic carbocycles. The third kappa shape index (κ3) is 57.1. The summed E-state index contributed by atoms with van der Waals surface area (Å²) in [6.45, 7) is 29.6. The second-order valence-electron chi connectivity index (χ2n) is 11.6. The van der Waals surface area contributed by atoms with Gasteiger partial charge in [-0.1, -0.05) is 69.2 Å². The minimum Gasteiger partial charge on any atom is -0.381 e. The van der Waals surface area contributed by atoms with E-state index >= 15 is 0 Å². The Morgan fingerprint density at radius 1 is 0.562 bits per heavy atom. The Morgan fingerprint density at radius 3 is 0.875 bits per heavy atom. The van der Waals surface area contributed by atoms with Crippen LogP contribution in [0.2, 0.25) is 0 Å². The van der Waals surface area contributed by atoms with Crippen LogP contribution in [-0.4, -0.2) is 31.3 Å². The van der Waals surface area contributed by atoms with Crippen LogP contribution in [0, 0.1) is 29.6 Å². The molecule has 200 valence electrons. The van der Waals surface area contributed by atoms with Gasteiger partial charge < -0.3 is 21.9 Å². The summed E-state index contributed by atoms with van der Waals surface area (Å²) in [6, 6.07) is 1.20. The van der Waals surface area contributed by atoms with Gasteiger partial charge in [-0.25, -0.2) is 0 Å². The van der Waals surface area contributed by atoms with Gasteiger partial charge in [-0.15, -0.1) is 0 Å². The molecule has 1 heterocycles. The average molecular weight is 462 g/mol. The smallest absolute Gasteiger partial charge is 0.0469 e. The standard InChI is InChI=1S/C7H15NO.C5H11N.C4H11N.3C4H10/c1-6(8)7-2-4-9-5-3-7;1-4(6)5-2-3-5;1-3-4(2)5;3*1-4(2)3/h6-7H,2-5,8H2,1H3;4-5H,2-3,6H2,1H3;4H,3,5H2,1-2H3;3*4H,1-3H3. The number of hydrogen-bond acceptors (Lipinski definition) is 4. The first-order chi connectivity index (χ1) is 14.6. The second-order valence-corrected chi connectivity index (χ2v) is 11.6. The lowest BCUT2D eigenvalue weighted by Gasteiger charge is -2.24. The van der Waals surface area contributed by atoms with Crippen molar-refractivity contribution in [3.8, 4) is 0 Å². The van der Waals surface area contributed by atoms with Crippen LogP contribution in [0.15, 0.2) is 0 Å². The molecule has 4 heteroatoms. The van der Waals surface area contributed by atoms with Crippen molar-refractivity contribution in [2.75, 3.05) is 13.2 Å². The molecular weight excluding hydrogens is 394 g/mol. The molecule has 6 N–H and O–H groups in total. The Hall–Kier alpha value is -0.160. The van der Waals surface area contributed by atoms with E-state index in [4.69, 9.17) is 21.9 Å². The SMILES string of the molecule is CC(C)C.CC(C)C.CC(C)C.CC(N)C1CC1.CC(N)C1CCOCC1.CCC(C)N. The molecule has 0 bridgehead atoms. The molecule has 1 aliphatic heterocycles. The molecule has 0 aromatic carbocycles. The highest BCUT2D eigenvalue weighted by atomic mass is 16.5. The van der Waals surface area contributed by atoms with Crippen LogP contribution in [0.5, 0.6) is 0 Å². The van der Waals surface area contributed by atoms with Crippen molar-refractivity contribution in [2.45, 2.75) is 140 Å². The van der Waals surface area contributed by atoms with Crippen LogP contribution < -0.4 is 17.2 Å². The quantitative estimate of drug-likeness (QED) is 0.413. The molecule has 4 nitrogen and oxygen atoms in total. The van der Waals surface area contributed by atoms with Gasteiger partial charge in [0.2, 0.25) is 0 Å². The molecule has 2 fully saturated rings. The molecule has 1 saturated heterocycles. The van der Waals surface area contributed by atoms with E-state index in [2.05, 4.69) is 83.1 Å². The van der Waals surface area contributed by atoms with Crippen LogP contribution in [-0.2, 0) is 4.74 Å². The summed E-state index contributed by atoms with van der Waals surface area (Å²) >= 11 is 0. The molecule has 2 rings (SSSR count). The molecule has 0 spiro atoms. The van der Waals surface area contributed by atoms with Gasteiger partial charge >= 0.3 is 0 Å². The average Bonchev–Trinajstić information content (AvgIpc) is 3.47. The number of hydrogen-bond donors (Lipinski definition) is 3. The van der Waals surface area contributed by atoms with Gasteiger partial charge in [-0.2, -0.15) is 0 Å². The Bertz CT molecular complexity index is 296. The summed E-state index contributed by atoms with van der Waals surface area (Å²) in [6.07, 6.45) is 6.13. The van der Waals surface area contributed by atoms with E-state index in [0.29, 0.717) is 24.0 Å². The van der Waals surface area contributed by atoms with Gasteiger partial charge in [0.25, 0.3) is 0 Å². The highest BCUT2D eigenvalue weighted by Gasteiger charge is 2.24. The third-order valence-electron chi connectivity index (χ3n) is 4.02. The Balaban J connectivity index is -0.000000153. The monoisotopic (exact) mass is 462 g/mol. The topological polar surface area (TPSA) is 87.3 Å². The first-order valence-electron chi connectivity index (χ1n) is 13.4. The van der Waals surface area contributed by atoms with Crippen LogP contribution in [0.1, 0.15) is 122 Å². The largest absolute Gasteiger partial charge is 0.381 e. The fraction of sp³-hybridized carbons (Fsp3) is 1.00. The highest BCUT2D eigenvalue weighted by molar-refractivity contribution is 4.80. The van der Waals surface area contributed by atoms with Gasteiger partial charge in [0, 0.05) is 31.3 Å². The molecule has 0 amide bonds. The summed E-state index contributed by atoms with van der Waals surface area (Å²) in [7, 11) is 0. The van der Waals surface area contributed by atoms with Gasteiger partial charge in [-0.3, -0.25) is 0 Å². The predicted octanol–water partition coefficient (Wildman–Crippen LogP) is 7.23. The lowest BCUT2D eigenvalue weighted by Crippen LogP contribution is -2.31. The van der Waals surface area contributed by atoms with E-state index < -0.39 is 0 Å². The van der Waals surface area contributed by atoms with Crippen molar-refractivity contribution in [2.24, 2.45) is 46.8 Å². The Labute approximate surface area is 205 Å². The van der Waals surface area contributed by atoms with Crippen molar-refractivity contribution in [1.82, 2.24) is 0 Å². The van der Waals surface area contributed by atoms with E-state index in [9.17, 15) is 0 Å². The fourth-order valence-corrected chi connectivity index (χ4v) is 1.86. The summed E-state index contributed by atoms with van der Waals surface area (Å²) in [5.41, 5.74) is 16.5. The molecule has 2 aliphatic rings. The first-order valence-corrected chi connectivity index (χ1v) is 13.4. The molecule has 3 atom stereocenters. The Morgan fingerprint density at radius 2 is 0.781 bits per heavy atom. The van der Waals surface area contributed by atoms with Crippen molar-refractivity contribution in [1.29, 1.82) is 0 Å². The molecular formula is C28H67N3O. The zero-order chi connectivity index (χ0) is 26.3. The molecule has 0 radical (unpaired) electrons. The van der Waals surface area contributed by atoms with E-state index in [1.54, 1.807) is 0 Å². The van der Waals surface area contributed by atoms with E-state index in [0.717, 1.165) is 56.1 Å². The maximum atomic E-state index is 5.71. The number of ether oxygens (including phenoxy) is 1. The van der Waals surface area contributed by atoms with Crippen molar-refractivity contribution in [3.63, 3.8) is 0 Å². The normalized spacial score (nSPS) is 18.1. The van der Waals surface area contributed by atoms with E-state index in [1.165, 1.54) is 12.8 Å². The fourth-order valence-electron chi connectivity index (χ4n) is 1.86. The molecule has 3 unspecified atom stereocenters. The maximum Gasteiger partial charge on any atom is 0.0469 e. The van der Waals surface area contributed by atoms with Crippen LogP contribution in [0.3, 0.4) is 0 Å². The van der Waals surface area contributed by atoms with Gasteiger partial charge in [0.05, 0.1) is 0 Å². The lowest BCUT2D eigenvalue weighted by atomic mass is 9.94. The second kappa shape index (κ2) is 27.1. The number of nitrogens with two attached hydrogens (primary N) is 3. The molecule has 0 aromatic rings. The van der Waals surface area contributed by atoms with Crippen LogP contribution in [0.4, 0.5) is 0 Å². The van der Waals surface area contributed by atoms with E-state index in [-0.39, 0.29) is 0 Å². The lowest BCUT2D eigenvalue weighted by molar-refractivity contribution is 0.0603. The minimum absolute atomic E-state index is 0.355. The summed E-state index contributed by atoms with van der Waals surface area (Å²) in [5, 5.41) is 0. The van der Waals surface area contributed by atoms with Crippen molar-refractivity contribution >= 4 is 0 Å².